The lowest BCUT2D eigenvalue weighted by Gasteiger charge is -2.39. The van der Waals surface area contributed by atoms with E-state index < -0.39 is 0 Å². The molecule has 3 atom stereocenters. The molecule has 1 saturated carbocycles. The normalized spacial score (nSPS) is 36.6. The summed E-state index contributed by atoms with van der Waals surface area (Å²) in [4.78, 5) is 0. The quantitative estimate of drug-likeness (QED) is 0.749. The predicted octanol–water partition coefficient (Wildman–Crippen LogP) is 1.67. The van der Waals surface area contributed by atoms with Gasteiger partial charge >= 0.3 is 0 Å². The highest BCUT2D eigenvalue weighted by molar-refractivity contribution is 5.02. The molecule has 0 aromatic rings. The van der Waals surface area contributed by atoms with Gasteiger partial charge in [0.05, 0.1) is 6.10 Å². The summed E-state index contributed by atoms with van der Waals surface area (Å²) in [5.74, 6) is 1.38. The standard InChI is InChI=1S/C13H25NO2/c1-10(8-15-3)13(9-14-2)6-7-16-12(13)11-4-5-11/h10-12,14H,4-9H2,1-3H3. The molecule has 1 heterocycles. The third-order valence-corrected chi connectivity index (χ3v) is 4.39. The number of hydrogen-bond donors (Lipinski definition) is 1. The fourth-order valence-corrected chi connectivity index (χ4v) is 3.32. The summed E-state index contributed by atoms with van der Waals surface area (Å²) < 4.78 is 11.4. The van der Waals surface area contributed by atoms with Crippen molar-refractivity contribution in [1.82, 2.24) is 5.32 Å². The summed E-state index contributed by atoms with van der Waals surface area (Å²) in [6.45, 7) is 5.13. The van der Waals surface area contributed by atoms with Crippen LogP contribution in [0.1, 0.15) is 26.2 Å². The molecule has 3 unspecified atom stereocenters. The van der Waals surface area contributed by atoms with Crippen LogP contribution in [-0.2, 0) is 9.47 Å². The fourth-order valence-electron chi connectivity index (χ4n) is 3.32. The van der Waals surface area contributed by atoms with Crippen LogP contribution in [0.15, 0.2) is 0 Å². The zero-order valence-corrected chi connectivity index (χ0v) is 10.8. The van der Waals surface area contributed by atoms with Crippen LogP contribution in [0, 0.1) is 17.3 Å². The predicted molar refractivity (Wildman–Crippen MR) is 64.5 cm³/mol. The first-order valence-corrected chi connectivity index (χ1v) is 6.49. The summed E-state index contributed by atoms with van der Waals surface area (Å²) in [6.07, 6.45) is 4.36. The van der Waals surface area contributed by atoms with Crippen molar-refractivity contribution < 1.29 is 9.47 Å². The molecule has 0 aromatic heterocycles. The van der Waals surface area contributed by atoms with E-state index in [-0.39, 0.29) is 0 Å². The molecular weight excluding hydrogens is 202 g/mol. The number of nitrogens with one attached hydrogen (secondary N) is 1. The van der Waals surface area contributed by atoms with Gasteiger partial charge < -0.3 is 14.8 Å². The molecule has 0 spiro atoms. The molecule has 0 bridgehead atoms. The zero-order chi connectivity index (χ0) is 11.6. The van der Waals surface area contributed by atoms with E-state index in [9.17, 15) is 0 Å². The Hall–Kier alpha value is -0.120. The van der Waals surface area contributed by atoms with Gasteiger partial charge in [-0.15, -0.1) is 0 Å². The molecule has 1 saturated heterocycles. The SMILES string of the molecule is CNCC1(C(C)COC)CCOC1C1CC1. The maximum atomic E-state index is 6.02. The van der Waals surface area contributed by atoms with Crippen LogP contribution in [0.25, 0.3) is 0 Å². The van der Waals surface area contributed by atoms with Crippen molar-refractivity contribution in [3.8, 4) is 0 Å². The first-order chi connectivity index (χ1) is 7.74. The lowest BCUT2D eigenvalue weighted by atomic mass is 9.69. The second-order valence-corrected chi connectivity index (χ2v) is 5.50. The minimum Gasteiger partial charge on any atom is -0.384 e. The Morgan fingerprint density at radius 2 is 2.25 bits per heavy atom. The Labute approximate surface area is 98.9 Å². The van der Waals surface area contributed by atoms with Crippen molar-refractivity contribution >= 4 is 0 Å². The molecule has 0 amide bonds. The van der Waals surface area contributed by atoms with Crippen molar-refractivity contribution in [2.75, 3.05) is 33.9 Å². The van der Waals surface area contributed by atoms with Crippen molar-refractivity contribution in [3.63, 3.8) is 0 Å². The Balaban J connectivity index is 2.11. The van der Waals surface area contributed by atoms with E-state index in [2.05, 4.69) is 12.2 Å². The van der Waals surface area contributed by atoms with Crippen LogP contribution in [-0.4, -0.2) is 40.0 Å². The van der Waals surface area contributed by atoms with Gasteiger partial charge in [-0.2, -0.15) is 0 Å². The molecule has 0 aromatic carbocycles. The summed E-state index contributed by atoms with van der Waals surface area (Å²) >= 11 is 0. The number of methoxy groups -OCH3 is 1. The highest BCUT2D eigenvalue weighted by atomic mass is 16.5. The molecule has 0 radical (unpaired) electrons. The van der Waals surface area contributed by atoms with E-state index in [1.807, 2.05) is 7.05 Å². The molecule has 3 heteroatoms. The van der Waals surface area contributed by atoms with Crippen LogP contribution in [0.2, 0.25) is 0 Å². The molecule has 94 valence electrons. The van der Waals surface area contributed by atoms with E-state index >= 15 is 0 Å². The Morgan fingerprint density at radius 1 is 1.50 bits per heavy atom. The molecule has 2 fully saturated rings. The van der Waals surface area contributed by atoms with Gasteiger partial charge in [0.25, 0.3) is 0 Å². The molecule has 1 N–H and O–H groups in total. The van der Waals surface area contributed by atoms with Crippen molar-refractivity contribution in [3.05, 3.63) is 0 Å². The lowest BCUT2D eigenvalue weighted by molar-refractivity contribution is -0.0171. The average molecular weight is 227 g/mol. The molecule has 1 aliphatic heterocycles. The van der Waals surface area contributed by atoms with Crippen LogP contribution in [0.5, 0.6) is 0 Å². The Bertz CT molecular complexity index is 230. The van der Waals surface area contributed by atoms with E-state index in [1.165, 1.54) is 19.3 Å². The number of hydrogen-bond acceptors (Lipinski definition) is 3. The van der Waals surface area contributed by atoms with Gasteiger partial charge in [0, 0.05) is 32.3 Å². The van der Waals surface area contributed by atoms with Crippen LogP contribution >= 0.6 is 0 Å². The highest BCUT2D eigenvalue weighted by Gasteiger charge is 2.53. The average Bonchev–Trinajstić information content (AvgIpc) is 3.01. The molecule has 3 nitrogen and oxygen atoms in total. The van der Waals surface area contributed by atoms with Gasteiger partial charge in [0.15, 0.2) is 0 Å². The van der Waals surface area contributed by atoms with Crippen molar-refractivity contribution in [2.45, 2.75) is 32.3 Å². The van der Waals surface area contributed by atoms with Crippen molar-refractivity contribution in [1.29, 1.82) is 0 Å². The van der Waals surface area contributed by atoms with Gasteiger partial charge in [0.2, 0.25) is 0 Å². The van der Waals surface area contributed by atoms with E-state index in [0.717, 1.165) is 25.7 Å². The maximum Gasteiger partial charge on any atom is 0.0675 e. The third kappa shape index (κ3) is 2.13. The smallest absolute Gasteiger partial charge is 0.0675 e. The minimum absolute atomic E-state index is 0.298. The molecule has 2 aliphatic rings. The van der Waals surface area contributed by atoms with Crippen molar-refractivity contribution in [2.24, 2.45) is 17.3 Å². The molecule has 2 rings (SSSR count). The minimum atomic E-state index is 0.298. The second-order valence-electron chi connectivity index (χ2n) is 5.50. The largest absolute Gasteiger partial charge is 0.384 e. The summed E-state index contributed by atoms with van der Waals surface area (Å²) in [7, 11) is 3.84. The lowest BCUT2D eigenvalue weighted by Crippen LogP contribution is -2.47. The summed E-state index contributed by atoms with van der Waals surface area (Å²) in [5, 5.41) is 3.37. The Kier molecular flexibility index (Phi) is 3.88. The molecular formula is C13H25NO2. The van der Waals surface area contributed by atoms with Gasteiger partial charge in [-0.05, 0) is 38.1 Å². The third-order valence-electron chi connectivity index (χ3n) is 4.39. The van der Waals surface area contributed by atoms with E-state index in [0.29, 0.717) is 17.4 Å². The summed E-state index contributed by atoms with van der Waals surface area (Å²) in [5.41, 5.74) is 0.298. The van der Waals surface area contributed by atoms with E-state index in [1.54, 1.807) is 7.11 Å². The maximum absolute atomic E-state index is 6.02. The first kappa shape index (κ1) is 12.3. The number of ether oxygens (including phenoxy) is 2. The monoisotopic (exact) mass is 227 g/mol. The van der Waals surface area contributed by atoms with Gasteiger partial charge in [-0.3, -0.25) is 0 Å². The van der Waals surface area contributed by atoms with E-state index in [4.69, 9.17) is 9.47 Å². The molecule has 1 aliphatic carbocycles. The second kappa shape index (κ2) is 5.03. The number of rotatable bonds is 6. The Morgan fingerprint density at radius 3 is 2.81 bits per heavy atom. The zero-order valence-electron chi connectivity index (χ0n) is 10.8. The first-order valence-electron chi connectivity index (χ1n) is 6.49. The van der Waals surface area contributed by atoms with Gasteiger partial charge in [-0.1, -0.05) is 6.92 Å². The van der Waals surface area contributed by atoms with Crippen LogP contribution < -0.4 is 5.32 Å². The fraction of sp³-hybridized carbons (Fsp3) is 1.00. The van der Waals surface area contributed by atoms with Gasteiger partial charge in [-0.25, -0.2) is 0 Å². The topological polar surface area (TPSA) is 30.5 Å². The highest BCUT2D eigenvalue weighted by Crippen LogP contribution is 2.51. The summed E-state index contributed by atoms with van der Waals surface area (Å²) in [6, 6.07) is 0. The molecule has 16 heavy (non-hydrogen) atoms. The van der Waals surface area contributed by atoms with Crippen LogP contribution in [0.3, 0.4) is 0 Å². The van der Waals surface area contributed by atoms with Gasteiger partial charge in [0.1, 0.15) is 0 Å². The van der Waals surface area contributed by atoms with Crippen LogP contribution in [0.4, 0.5) is 0 Å².